The summed E-state index contributed by atoms with van der Waals surface area (Å²) < 4.78 is 2.26. The Hall–Kier alpha value is -6.25. The standard InChI is InChI=1S/C47H34N2/c1-31-21-27-38(32(2)29-31)46-40-18-10-9-17-39(40)45(34-13-5-3-6-14-34)42-30-36(26-28-41(42)46)33-22-24-35(25-23-33)47-48-43-19-11-12-20-44(43)49(47)37-15-7-4-8-16-37/h3-30H,1-2H3. The van der Waals surface area contributed by atoms with Crippen LogP contribution in [0.3, 0.4) is 0 Å². The first-order chi connectivity index (χ1) is 24.1. The second kappa shape index (κ2) is 11.8. The van der Waals surface area contributed by atoms with E-state index in [4.69, 9.17) is 4.98 Å². The van der Waals surface area contributed by atoms with Gasteiger partial charge in [-0.25, -0.2) is 4.98 Å². The third-order valence-corrected chi connectivity index (χ3v) is 9.79. The number of para-hydroxylation sites is 3. The maximum atomic E-state index is 5.09. The van der Waals surface area contributed by atoms with E-state index in [1.165, 1.54) is 66.1 Å². The molecule has 2 heteroatoms. The highest BCUT2D eigenvalue weighted by atomic mass is 15.1. The second-order valence-electron chi connectivity index (χ2n) is 12.9. The third kappa shape index (κ3) is 4.92. The Morgan fingerprint density at radius 3 is 1.80 bits per heavy atom. The molecule has 0 N–H and O–H groups in total. The SMILES string of the molecule is Cc1ccc(-c2c3ccccc3c(-c3ccccc3)c3cc(-c4ccc(-c5nc6ccccc6n5-c5ccccc5)cc4)ccc23)c(C)c1. The molecule has 0 unspecified atom stereocenters. The zero-order chi connectivity index (χ0) is 32.9. The molecule has 0 saturated heterocycles. The van der Waals surface area contributed by atoms with Gasteiger partial charge in [0.25, 0.3) is 0 Å². The molecule has 1 aromatic heterocycles. The number of benzene rings is 8. The van der Waals surface area contributed by atoms with E-state index >= 15 is 0 Å². The van der Waals surface area contributed by atoms with Gasteiger partial charge in [-0.05, 0) is 105 Å². The van der Waals surface area contributed by atoms with Crippen LogP contribution in [0.1, 0.15) is 11.1 Å². The van der Waals surface area contributed by atoms with Crippen molar-refractivity contribution in [2.45, 2.75) is 13.8 Å². The number of aryl methyl sites for hydroxylation is 2. The van der Waals surface area contributed by atoms with Gasteiger partial charge in [0.2, 0.25) is 0 Å². The van der Waals surface area contributed by atoms with E-state index in [9.17, 15) is 0 Å². The minimum atomic E-state index is 0.938. The highest BCUT2D eigenvalue weighted by molar-refractivity contribution is 6.22. The van der Waals surface area contributed by atoms with Gasteiger partial charge in [-0.2, -0.15) is 0 Å². The van der Waals surface area contributed by atoms with Crippen LogP contribution >= 0.6 is 0 Å². The third-order valence-electron chi connectivity index (χ3n) is 9.79. The Morgan fingerprint density at radius 1 is 0.429 bits per heavy atom. The van der Waals surface area contributed by atoms with Gasteiger partial charge < -0.3 is 0 Å². The minimum absolute atomic E-state index is 0.938. The Kier molecular flexibility index (Phi) is 6.95. The van der Waals surface area contributed by atoms with Crippen LogP contribution in [0.4, 0.5) is 0 Å². The molecule has 49 heavy (non-hydrogen) atoms. The first kappa shape index (κ1) is 28.9. The number of hydrogen-bond acceptors (Lipinski definition) is 1. The molecule has 0 spiro atoms. The molecule has 0 aliphatic heterocycles. The van der Waals surface area contributed by atoms with E-state index in [-0.39, 0.29) is 0 Å². The number of nitrogens with zero attached hydrogens (tertiary/aromatic N) is 2. The lowest BCUT2D eigenvalue weighted by atomic mass is 9.83. The van der Waals surface area contributed by atoms with Crippen LogP contribution in [-0.2, 0) is 0 Å². The zero-order valence-corrected chi connectivity index (χ0v) is 27.6. The van der Waals surface area contributed by atoms with Crippen LogP contribution in [0.25, 0.3) is 83.0 Å². The highest BCUT2D eigenvalue weighted by Gasteiger charge is 2.19. The maximum Gasteiger partial charge on any atom is 0.145 e. The molecule has 9 aromatic rings. The van der Waals surface area contributed by atoms with Crippen molar-refractivity contribution >= 4 is 32.6 Å². The lowest BCUT2D eigenvalue weighted by molar-refractivity contribution is 1.10. The Bertz CT molecular complexity index is 2650. The summed E-state index contributed by atoms with van der Waals surface area (Å²) >= 11 is 0. The van der Waals surface area contributed by atoms with Crippen LogP contribution in [0.5, 0.6) is 0 Å². The molecule has 0 atom stereocenters. The summed E-state index contributed by atoms with van der Waals surface area (Å²) in [4.78, 5) is 5.09. The zero-order valence-electron chi connectivity index (χ0n) is 27.6. The number of fused-ring (bicyclic) bond motifs is 3. The summed E-state index contributed by atoms with van der Waals surface area (Å²) in [5.41, 5.74) is 14.3. The van der Waals surface area contributed by atoms with Gasteiger partial charge >= 0.3 is 0 Å². The van der Waals surface area contributed by atoms with Crippen molar-refractivity contribution in [3.63, 3.8) is 0 Å². The predicted molar refractivity (Wildman–Crippen MR) is 207 cm³/mol. The van der Waals surface area contributed by atoms with Crippen LogP contribution < -0.4 is 0 Å². The first-order valence-electron chi connectivity index (χ1n) is 16.9. The minimum Gasteiger partial charge on any atom is -0.292 e. The fraction of sp³-hybridized carbons (Fsp3) is 0.0426. The summed E-state index contributed by atoms with van der Waals surface area (Å²) in [7, 11) is 0. The molecule has 0 bridgehead atoms. The average Bonchev–Trinajstić information content (AvgIpc) is 3.54. The van der Waals surface area contributed by atoms with Crippen LogP contribution in [0.15, 0.2) is 170 Å². The van der Waals surface area contributed by atoms with Gasteiger partial charge in [0.05, 0.1) is 11.0 Å². The summed E-state index contributed by atoms with van der Waals surface area (Å²) in [5.74, 6) is 0.938. The Morgan fingerprint density at radius 2 is 1.04 bits per heavy atom. The van der Waals surface area contributed by atoms with Gasteiger partial charge in [-0.3, -0.25) is 4.57 Å². The lowest BCUT2D eigenvalue weighted by Crippen LogP contribution is -1.97. The fourth-order valence-electron chi connectivity index (χ4n) is 7.53. The molecule has 232 valence electrons. The smallest absolute Gasteiger partial charge is 0.145 e. The van der Waals surface area contributed by atoms with Crippen molar-refractivity contribution in [1.82, 2.24) is 9.55 Å². The quantitative estimate of drug-likeness (QED) is 0.174. The van der Waals surface area contributed by atoms with Crippen LogP contribution in [0.2, 0.25) is 0 Å². The molecular weight excluding hydrogens is 593 g/mol. The molecule has 0 radical (unpaired) electrons. The van der Waals surface area contributed by atoms with E-state index in [2.05, 4.69) is 188 Å². The molecule has 8 aromatic carbocycles. The van der Waals surface area contributed by atoms with Crippen molar-refractivity contribution in [1.29, 1.82) is 0 Å². The first-order valence-corrected chi connectivity index (χ1v) is 16.9. The molecule has 2 nitrogen and oxygen atoms in total. The van der Waals surface area contributed by atoms with Crippen molar-refractivity contribution in [3.8, 4) is 50.5 Å². The topological polar surface area (TPSA) is 17.8 Å². The van der Waals surface area contributed by atoms with Gasteiger partial charge in [0, 0.05) is 11.3 Å². The number of aromatic nitrogens is 2. The maximum absolute atomic E-state index is 5.09. The Labute approximate surface area is 286 Å². The molecule has 0 amide bonds. The molecule has 1 heterocycles. The average molecular weight is 627 g/mol. The Balaban J connectivity index is 1.24. The van der Waals surface area contributed by atoms with Crippen molar-refractivity contribution < 1.29 is 0 Å². The predicted octanol–water partition coefficient (Wildman–Crippen LogP) is 12.6. The van der Waals surface area contributed by atoms with Crippen molar-refractivity contribution in [2.24, 2.45) is 0 Å². The molecular formula is C47H34N2. The van der Waals surface area contributed by atoms with Gasteiger partial charge in [-0.15, -0.1) is 0 Å². The van der Waals surface area contributed by atoms with Crippen LogP contribution in [0, 0.1) is 13.8 Å². The van der Waals surface area contributed by atoms with Crippen molar-refractivity contribution in [3.05, 3.63) is 181 Å². The van der Waals surface area contributed by atoms with Gasteiger partial charge in [-0.1, -0.05) is 145 Å². The monoisotopic (exact) mass is 626 g/mol. The normalized spacial score (nSPS) is 11.5. The molecule has 0 fully saturated rings. The van der Waals surface area contributed by atoms with E-state index in [0.29, 0.717) is 0 Å². The molecule has 9 rings (SSSR count). The van der Waals surface area contributed by atoms with Gasteiger partial charge in [0.1, 0.15) is 5.82 Å². The van der Waals surface area contributed by atoms with Gasteiger partial charge in [0.15, 0.2) is 0 Å². The summed E-state index contributed by atoms with van der Waals surface area (Å²) in [6, 6.07) is 61.3. The van der Waals surface area contributed by atoms with Crippen molar-refractivity contribution in [2.75, 3.05) is 0 Å². The molecule has 0 aliphatic carbocycles. The largest absolute Gasteiger partial charge is 0.292 e. The van der Waals surface area contributed by atoms with E-state index in [1.54, 1.807) is 0 Å². The number of hydrogen-bond donors (Lipinski definition) is 0. The summed E-state index contributed by atoms with van der Waals surface area (Å²) in [5, 5.41) is 5.07. The van der Waals surface area contributed by atoms with E-state index < -0.39 is 0 Å². The summed E-state index contributed by atoms with van der Waals surface area (Å²) in [6.45, 7) is 4.40. The lowest BCUT2D eigenvalue weighted by Gasteiger charge is -2.20. The second-order valence-corrected chi connectivity index (χ2v) is 12.9. The fourth-order valence-corrected chi connectivity index (χ4v) is 7.53. The van der Waals surface area contributed by atoms with Crippen LogP contribution in [-0.4, -0.2) is 9.55 Å². The number of imidazole rings is 1. The highest BCUT2D eigenvalue weighted by Crippen LogP contribution is 2.45. The van der Waals surface area contributed by atoms with E-state index in [0.717, 1.165) is 28.1 Å². The number of rotatable bonds is 5. The van der Waals surface area contributed by atoms with E-state index in [1.807, 2.05) is 0 Å². The molecule has 0 aliphatic rings. The summed E-state index contributed by atoms with van der Waals surface area (Å²) in [6.07, 6.45) is 0. The molecule has 0 saturated carbocycles.